The van der Waals surface area contributed by atoms with E-state index in [1.807, 2.05) is 13.0 Å². The quantitative estimate of drug-likeness (QED) is 0.485. The van der Waals surface area contributed by atoms with Crippen LogP contribution in [0.5, 0.6) is 28.7 Å². The van der Waals surface area contributed by atoms with Crippen molar-refractivity contribution in [1.29, 1.82) is 0 Å². The lowest BCUT2D eigenvalue weighted by Gasteiger charge is -2.42. The van der Waals surface area contributed by atoms with Gasteiger partial charge in [0.2, 0.25) is 12.5 Å². The molecule has 2 aromatic carbocycles. The molecular weight excluding hydrogens is 504 g/mol. The number of likely N-dealkylation sites (tertiary alicyclic amines) is 1. The second-order valence-electron chi connectivity index (χ2n) is 10.6. The topological polar surface area (TPSA) is 108 Å². The van der Waals surface area contributed by atoms with E-state index in [4.69, 9.17) is 28.4 Å². The van der Waals surface area contributed by atoms with E-state index >= 15 is 0 Å². The Labute approximate surface area is 228 Å². The number of carbonyl (C=O) groups excluding carboxylic acids is 1. The Morgan fingerprint density at radius 2 is 1.67 bits per heavy atom. The van der Waals surface area contributed by atoms with Gasteiger partial charge in [-0.1, -0.05) is 0 Å². The number of rotatable bonds is 8. The molecule has 2 aromatic rings. The highest BCUT2D eigenvalue weighted by Gasteiger charge is 2.53. The van der Waals surface area contributed by atoms with Gasteiger partial charge >= 0.3 is 5.97 Å². The number of aromatic hydroxyl groups is 1. The molecule has 2 saturated heterocycles. The molecule has 10 heteroatoms. The van der Waals surface area contributed by atoms with Crippen LogP contribution in [0.25, 0.3) is 0 Å². The van der Waals surface area contributed by atoms with E-state index in [1.165, 1.54) is 14.2 Å². The second-order valence-corrected chi connectivity index (χ2v) is 10.6. The molecule has 3 heterocycles. The maximum atomic E-state index is 13.4. The van der Waals surface area contributed by atoms with Gasteiger partial charge in [-0.15, -0.1) is 0 Å². The number of nitrogens with zero attached hydrogens (tertiary/aromatic N) is 1. The van der Waals surface area contributed by atoms with Gasteiger partial charge in [-0.2, -0.15) is 0 Å². The maximum absolute atomic E-state index is 13.4. The van der Waals surface area contributed by atoms with Crippen LogP contribution in [-0.2, 0) is 14.3 Å². The van der Waals surface area contributed by atoms with E-state index in [-0.39, 0.29) is 47.9 Å². The van der Waals surface area contributed by atoms with Crippen LogP contribution in [0.3, 0.4) is 0 Å². The number of ether oxygens (including phenoxy) is 6. The molecule has 4 aliphatic rings. The highest BCUT2D eigenvalue weighted by atomic mass is 16.7. The third-order valence-electron chi connectivity index (χ3n) is 8.53. The molecule has 4 atom stereocenters. The highest BCUT2D eigenvalue weighted by Crippen LogP contribution is 2.55. The summed E-state index contributed by atoms with van der Waals surface area (Å²) in [5.41, 5.74) is 2.85. The number of methoxy groups -OCH3 is 2. The van der Waals surface area contributed by atoms with Gasteiger partial charge in [-0.3, -0.25) is 9.69 Å². The molecule has 0 amide bonds. The number of esters is 1. The van der Waals surface area contributed by atoms with Gasteiger partial charge in [-0.05, 0) is 60.7 Å². The van der Waals surface area contributed by atoms with Gasteiger partial charge in [0.1, 0.15) is 0 Å². The van der Waals surface area contributed by atoms with Crippen molar-refractivity contribution in [2.45, 2.75) is 37.8 Å². The van der Waals surface area contributed by atoms with Crippen LogP contribution in [0, 0.1) is 11.8 Å². The Bertz CT molecular complexity index is 1200. The zero-order valence-electron chi connectivity index (χ0n) is 22.6. The lowest BCUT2D eigenvalue weighted by molar-refractivity contribution is -0.141. The first kappa shape index (κ1) is 26.0. The Balaban J connectivity index is 1.40. The molecule has 0 bridgehead atoms. The molecule has 4 unspecified atom stereocenters. The number of hydrogen-bond donors (Lipinski definition) is 2. The van der Waals surface area contributed by atoms with E-state index in [0.29, 0.717) is 37.5 Å². The van der Waals surface area contributed by atoms with Gasteiger partial charge in [0.25, 0.3) is 0 Å². The predicted molar refractivity (Wildman–Crippen MR) is 141 cm³/mol. The van der Waals surface area contributed by atoms with Crippen molar-refractivity contribution in [1.82, 2.24) is 10.2 Å². The normalized spacial score (nSPS) is 26.2. The summed E-state index contributed by atoms with van der Waals surface area (Å²) in [7, 11) is 2.99. The van der Waals surface area contributed by atoms with E-state index in [2.05, 4.69) is 16.3 Å². The number of cyclic esters (lactones) is 1. The van der Waals surface area contributed by atoms with Crippen LogP contribution in [0.4, 0.5) is 0 Å². The Morgan fingerprint density at radius 1 is 1.00 bits per heavy atom. The minimum Gasteiger partial charge on any atom is -0.502 e. The molecule has 10 nitrogen and oxygen atoms in total. The van der Waals surface area contributed by atoms with Crippen LogP contribution in [0.1, 0.15) is 48.4 Å². The fraction of sp³-hybridized carbons (Fsp3) is 0.552. The average molecular weight is 541 g/mol. The van der Waals surface area contributed by atoms with E-state index in [0.717, 1.165) is 42.6 Å². The Hall–Kier alpha value is -3.21. The van der Waals surface area contributed by atoms with Gasteiger partial charge in [0.05, 0.1) is 33.5 Å². The molecule has 39 heavy (non-hydrogen) atoms. The smallest absolute Gasteiger partial charge is 0.310 e. The summed E-state index contributed by atoms with van der Waals surface area (Å²) in [6, 6.07) is 7.82. The fourth-order valence-electron chi connectivity index (χ4n) is 6.57. The molecule has 1 aliphatic carbocycles. The van der Waals surface area contributed by atoms with Crippen LogP contribution in [0.2, 0.25) is 0 Å². The summed E-state index contributed by atoms with van der Waals surface area (Å²) in [4.78, 5) is 15.7. The first-order valence-corrected chi connectivity index (χ1v) is 13.6. The number of phenolic OH excluding ortho intramolecular Hbond substituents is 1. The fourth-order valence-corrected chi connectivity index (χ4v) is 6.57. The Morgan fingerprint density at radius 3 is 2.31 bits per heavy atom. The first-order valence-electron chi connectivity index (χ1n) is 13.6. The summed E-state index contributed by atoms with van der Waals surface area (Å²) in [5.74, 6) is 0.782. The number of piperidine rings is 1. The number of benzene rings is 2. The maximum Gasteiger partial charge on any atom is 0.310 e. The van der Waals surface area contributed by atoms with Crippen LogP contribution >= 0.6 is 0 Å². The number of nitrogens with one attached hydrogen (secondary N) is 1. The number of hydrogen-bond acceptors (Lipinski definition) is 10. The SMILES string of the molecule is CCOCN1CCC(NC2c3cc4c(cc3C(c3cc(OC)c(O)c(OC)c3)C3C(=O)OCC23)OCO4)CC1. The molecule has 0 aromatic heterocycles. The molecule has 0 spiro atoms. The van der Waals surface area contributed by atoms with Crippen LogP contribution in [0.15, 0.2) is 24.3 Å². The summed E-state index contributed by atoms with van der Waals surface area (Å²) in [6.07, 6.45) is 1.98. The Kier molecular flexibility index (Phi) is 7.18. The van der Waals surface area contributed by atoms with Gasteiger partial charge in [0.15, 0.2) is 23.0 Å². The standard InChI is InChI=1S/C29H36N2O8/c1-4-36-14-31-7-5-17(6-8-31)30-27-19-12-22-21(38-15-39-22)11-18(19)25(26-20(27)13-37-29(26)33)16-9-23(34-2)28(32)24(10-16)35-3/h9-12,17,20,25-27,30,32H,4-8,13-15H2,1-3H3. The van der Waals surface area contributed by atoms with Crippen molar-refractivity contribution in [3.63, 3.8) is 0 Å². The highest BCUT2D eigenvalue weighted by molar-refractivity contribution is 5.79. The lowest BCUT2D eigenvalue weighted by atomic mass is 9.65. The van der Waals surface area contributed by atoms with Crippen LogP contribution < -0.4 is 24.3 Å². The molecule has 210 valence electrons. The van der Waals surface area contributed by atoms with Crippen molar-refractivity contribution in [3.05, 3.63) is 41.0 Å². The first-order chi connectivity index (χ1) is 19.0. The lowest BCUT2D eigenvalue weighted by Crippen LogP contribution is -2.48. The molecule has 0 saturated carbocycles. The molecule has 0 radical (unpaired) electrons. The van der Waals surface area contributed by atoms with Gasteiger partial charge in [-0.25, -0.2) is 0 Å². The van der Waals surface area contributed by atoms with Crippen molar-refractivity contribution >= 4 is 5.97 Å². The van der Waals surface area contributed by atoms with Crippen LogP contribution in [-0.4, -0.2) is 76.1 Å². The third kappa shape index (κ3) is 4.64. The van der Waals surface area contributed by atoms with Crippen molar-refractivity contribution in [3.8, 4) is 28.7 Å². The molecule has 6 rings (SSSR count). The second kappa shape index (κ2) is 10.7. The third-order valence-corrected chi connectivity index (χ3v) is 8.53. The van der Waals surface area contributed by atoms with Crippen molar-refractivity contribution < 1.29 is 38.3 Å². The van der Waals surface area contributed by atoms with E-state index in [9.17, 15) is 9.90 Å². The monoisotopic (exact) mass is 540 g/mol. The van der Waals surface area contributed by atoms with E-state index in [1.54, 1.807) is 12.1 Å². The van der Waals surface area contributed by atoms with Gasteiger partial charge < -0.3 is 38.8 Å². The minimum absolute atomic E-state index is 0.0776. The summed E-state index contributed by atoms with van der Waals surface area (Å²) in [5, 5.41) is 14.5. The average Bonchev–Trinajstić information content (AvgIpc) is 3.58. The molecule has 2 fully saturated rings. The number of fused-ring (bicyclic) bond motifs is 3. The zero-order chi connectivity index (χ0) is 27.1. The largest absolute Gasteiger partial charge is 0.502 e. The predicted octanol–water partition coefficient (Wildman–Crippen LogP) is 3.16. The van der Waals surface area contributed by atoms with Gasteiger partial charge in [0, 0.05) is 43.6 Å². The van der Waals surface area contributed by atoms with E-state index < -0.39 is 5.92 Å². The number of carbonyl (C=O) groups is 1. The summed E-state index contributed by atoms with van der Waals surface area (Å²) in [6.45, 7) is 5.79. The number of phenols is 1. The summed E-state index contributed by atoms with van der Waals surface area (Å²) >= 11 is 0. The molecular formula is C29H36N2O8. The minimum atomic E-state index is -0.424. The molecule has 3 aliphatic heterocycles. The van der Waals surface area contributed by atoms with Crippen molar-refractivity contribution in [2.24, 2.45) is 11.8 Å². The zero-order valence-corrected chi connectivity index (χ0v) is 22.6. The summed E-state index contributed by atoms with van der Waals surface area (Å²) < 4.78 is 33.8. The molecule has 2 N–H and O–H groups in total. The van der Waals surface area contributed by atoms with Crippen molar-refractivity contribution in [2.75, 3.05) is 54.0 Å².